The molecule has 1 aromatic heterocycles. The van der Waals surface area contributed by atoms with Gasteiger partial charge in [-0.25, -0.2) is 4.98 Å². The van der Waals surface area contributed by atoms with E-state index in [4.69, 9.17) is 0 Å². The van der Waals surface area contributed by atoms with Crippen molar-refractivity contribution in [2.75, 3.05) is 12.0 Å². The minimum Gasteiger partial charge on any atom is -0.345 e. The number of thioether (sulfide) groups is 1. The van der Waals surface area contributed by atoms with Gasteiger partial charge in [0.25, 0.3) is 0 Å². The van der Waals surface area contributed by atoms with E-state index in [0.29, 0.717) is 5.75 Å². The summed E-state index contributed by atoms with van der Waals surface area (Å²) in [5, 5.41) is 3.04. The molecule has 5 heteroatoms. The van der Waals surface area contributed by atoms with Crippen LogP contribution in [0, 0.1) is 5.92 Å². The third-order valence-electron chi connectivity index (χ3n) is 2.96. The quantitative estimate of drug-likeness (QED) is 0.883. The van der Waals surface area contributed by atoms with Gasteiger partial charge in [0.15, 0.2) is 0 Å². The van der Waals surface area contributed by atoms with Gasteiger partial charge in [-0.05, 0) is 24.3 Å². The van der Waals surface area contributed by atoms with Gasteiger partial charge in [0, 0.05) is 0 Å². The van der Waals surface area contributed by atoms with Crippen LogP contribution in [0.2, 0.25) is 0 Å². The number of aromatic nitrogens is 2. The predicted octanol–water partition coefficient (Wildman–Crippen LogP) is 2.74. The Hall–Kier alpha value is -1.49. The van der Waals surface area contributed by atoms with E-state index in [2.05, 4.69) is 29.1 Å². The lowest BCUT2D eigenvalue weighted by Gasteiger charge is -2.20. The Balaban J connectivity index is 2.25. The second-order valence-electron chi connectivity index (χ2n) is 4.86. The number of para-hydroxylation sites is 2. The van der Waals surface area contributed by atoms with Crippen molar-refractivity contribution in [2.24, 2.45) is 5.92 Å². The second-order valence-corrected chi connectivity index (χ2v) is 5.73. The number of fused-ring (bicyclic) bond motifs is 1. The van der Waals surface area contributed by atoms with Gasteiger partial charge in [-0.1, -0.05) is 26.0 Å². The van der Waals surface area contributed by atoms with Crippen molar-refractivity contribution in [3.63, 3.8) is 0 Å². The molecule has 2 N–H and O–H groups in total. The molecular formula is C14H19N3OS. The number of hydrogen-bond donors (Lipinski definition) is 2. The monoisotopic (exact) mass is 277 g/mol. The first kappa shape index (κ1) is 13.9. The van der Waals surface area contributed by atoms with E-state index >= 15 is 0 Å². The second kappa shape index (κ2) is 6.10. The van der Waals surface area contributed by atoms with Gasteiger partial charge in [-0.15, -0.1) is 0 Å². The molecule has 2 rings (SSSR count). The molecule has 0 saturated heterocycles. The number of benzene rings is 1. The van der Waals surface area contributed by atoms with Gasteiger partial charge in [0.1, 0.15) is 5.82 Å². The van der Waals surface area contributed by atoms with Crippen molar-refractivity contribution in [1.82, 2.24) is 15.3 Å². The lowest BCUT2D eigenvalue weighted by molar-refractivity contribution is -0.119. The van der Waals surface area contributed by atoms with E-state index in [-0.39, 0.29) is 17.9 Å². The van der Waals surface area contributed by atoms with Crippen LogP contribution in [-0.4, -0.2) is 27.9 Å². The normalized spacial score (nSPS) is 12.8. The SMILES string of the molecule is CSCC(=O)NC(c1nc2ccccc2[nH]1)C(C)C. The number of hydrogen-bond acceptors (Lipinski definition) is 3. The molecule has 1 aromatic carbocycles. The zero-order valence-corrected chi connectivity index (χ0v) is 12.3. The summed E-state index contributed by atoms with van der Waals surface area (Å²) in [5.74, 6) is 1.63. The molecule has 0 fully saturated rings. The van der Waals surface area contributed by atoms with Gasteiger partial charge < -0.3 is 10.3 Å². The molecule has 0 aliphatic carbocycles. The number of aromatic amines is 1. The topological polar surface area (TPSA) is 57.8 Å². The molecule has 19 heavy (non-hydrogen) atoms. The summed E-state index contributed by atoms with van der Waals surface area (Å²) in [6.07, 6.45) is 1.92. The fourth-order valence-corrected chi connectivity index (χ4v) is 2.36. The maximum atomic E-state index is 11.8. The molecule has 102 valence electrons. The highest BCUT2D eigenvalue weighted by molar-refractivity contribution is 7.99. The third-order valence-corrected chi connectivity index (χ3v) is 3.51. The number of amides is 1. The zero-order valence-electron chi connectivity index (χ0n) is 11.4. The highest BCUT2D eigenvalue weighted by atomic mass is 32.2. The van der Waals surface area contributed by atoms with Gasteiger partial charge in [0.05, 0.1) is 22.8 Å². The highest BCUT2D eigenvalue weighted by Gasteiger charge is 2.21. The van der Waals surface area contributed by atoms with E-state index in [1.807, 2.05) is 30.5 Å². The summed E-state index contributed by atoms with van der Waals surface area (Å²) in [5.41, 5.74) is 1.93. The van der Waals surface area contributed by atoms with Crippen LogP contribution in [0.15, 0.2) is 24.3 Å². The predicted molar refractivity (Wildman–Crippen MR) is 80.2 cm³/mol. The van der Waals surface area contributed by atoms with Gasteiger partial charge in [-0.3, -0.25) is 4.79 Å². The van der Waals surface area contributed by atoms with E-state index in [1.165, 1.54) is 11.8 Å². The third kappa shape index (κ3) is 3.29. The average Bonchev–Trinajstić information content (AvgIpc) is 2.79. The summed E-state index contributed by atoms with van der Waals surface area (Å²) in [7, 11) is 0. The van der Waals surface area contributed by atoms with Gasteiger partial charge >= 0.3 is 0 Å². The minimum atomic E-state index is -0.0768. The molecule has 4 nitrogen and oxygen atoms in total. The molecular weight excluding hydrogens is 258 g/mol. The van der Waals surface area contributed by atoms with E-state index < -0.39 is 0 Å². The molecule has 0 aliphatic rings. The molecule has 0 bridgehead atoms. The molecule has 0 aliphatic heterocycles. The molecule has 1 atom stereocenters. The lowest BCUT2D eigenvalue weighted by atomic mass is 10.0. The Kier molecular flexibility index (Phi) is 4.47. The number of H-pyrrole nitrogens is 1. The Bertz CT molecular complexity index is 532. The Morgan fingerprint density at radius 1 is 1.42 bits per heavy atom. The largest absolute Gasteiger partial charge is 0.345 e. The molecule has 1 unspecified atom stereocenters. The first-order chi connectivity index (χ1) is 9.11. The zero-order chi connectivity index (χ0) is 13.8. The van der Waals surface area contributed by atoms with Crippen LogP contribution < -0.4 is 5.32 Å². The van der Waals surface area contributed by atoms with Crippen LogP contribution in [0.1, 0.15) is 25.7 Å². The summed E-state index contributed by atoms with van der Waals surface area (Å²) in [6, 6.07) is 7.82. The smallest absolute Gasteiger partial charge is 0.230 e. The van der Waals surface area contributed by atoms with Crippen LogP contribution in [0.3, 0.4) is 0 Å². The summed E-state index contributed by atoms with van der Waals surface area (Å²) in [4.78, 5) is 19.6. The van der Waals surface area contributed by atoms with Crippen molar-refractivity contribution in [3.8, 4) is 0 Å². The van der Waals surface area contributed by atoms with E-state index in [1.54, 1.807) is 0 Å². The minimum absolute atomic E-state index is 0.0478. The van der Waals surface area contributed by atoms with Gasteiger partial charge in [0.2, 0.25) is 5.91 Å². The Morgan fingerprint density at radius 3 is 2.79 bits per heavy atom. The number of carbonyl (C=O) groups excluding carboxylic acids is 1. The van der Waals surface area contributed by atoms with Crippen LogP contribution in [0.5, 0.6) is 0 Å². The maximum absolute atomic E-state index is 11.8. The van der Waals surface area contributed by atoms with Crippen molar-refractivity contribution in [2.45, 2.75) is 19.9 Å². The Labute approximate surface area is 117 Å². The number of nitrogens with one attached hydrogen (secondary N) is 2. The molecule has 2 aromatic rings. The lowest BCUT2D eigenvalue weighted by Crippen LogP contribution is -2.33. The number of imidazole rings is 1. The fourth-order valence-electron chi connectivity index (χ4n) is 2.02. The average molecular weight is 277 g/mol. The first-order valence-corrected chi connectivity index (χ1v) is 7.74. The molecule has 1 heterocycles. The van der Waals surface area contributed by atoms with Crippen LogP contribution >= 0.6 is 11.8 Å². The van der Waals surface area contributed by atoms with Crippen LogP contribution in [0.4, 0.5) is 0 Å². The number of carbonyl (C=O) groups is 1. The summed E-state index contributed by atoms with van der Waals surface area (Å²) >= 11 is 1.52. The molecule has 0 radical (unpaired) electrons. The number of rotatable bonds is 5. The fraction of sp³-hybridized carbons (Fsp3) is 0.429. The summed E-state index contributed by atoms with van der Waals surface area (Å²) < 4.78 is 0. The maximum Gasteiger partial charge on any atom is 0.230 e. The molecule has 0 spiro atoms. The standard InChI is InChI=1S/C14H19N3OS/c1-9(2)13(17-12(18)8-19-3)14-15-10-6-4-5-7-11(10)16-14/h4-7,9,13H,8H2,1-3H3,(H,15,16)(H,17,18). The van der Waals surface area contributed by atoms with E-state index in [0.717, 1.165) is 16.9 Å². The van der Waals surface area contributed by atoms with Crippen molar-refractivity contribution < 1.29 is 4.79 Å². The first-order valence-electron chi connectivity index (χ1n) is 6.34. The highest BCUT2D eigenvalue weighted by Crippen LogP contribution is 2.22. The van der Waals surface area contributed by atoms with Crippen LogP contribution in [-0.2, 0) is 4.79 Å². The van der Waals surface area contributed by atoms with Crippen molar-refractivity contribution >= 4 is 28.7 Å². The molecule has 0 saturated carbocycles. The van der Waals surface area contributed by atoms with Crippen LogP contribution in [0.25, 0.3) is 11.0 Å². The van der Waals surface area contributed by atoms with E-state index in [9.17, 15) is 4.79 Å². The van der Waals surface area contributed by atoms with Crippen molar-refractivity contribution in [1.29, 1.82) is 0 Å². The Morgan fingerprint density at radius 2 is 2.16 bits per heavy atom. The van der Waals surface area contributed by atoms with Crippen molar-refractivity contribution in [3.05, 3.63) is 30.1 Å². The van der Waals surface area contributed by atoms with Gasteiger partial charge in [-0.2, -0.15) is 11.8 Å². The molecule has 1 amide bonds. The number of nitrogens with zero attached hydrogens (tertiary/aromatic N) is 1. The summed E-state index contributed by atoms with van der Waals surface area (Å²) in [6.45, 7) is 4.16.